The minimum absolute atomic E-state index is 0.0328. The Morgan fingerprint density at radius 2 is 1.79 bits per heavy atom. The molecule has 100 valence electrons. The lowest BCUT2D eigenvalue weighted by Crippen LogP contribution is -2.26. The van der Waals surface area contributed by atoms with E-state index in [2.05, 4.69) is 0 Å². The van der Waals surface area contributed by atoms with E-state index in [0.717, 1.165) is 4.90 Å². The quantitative estimate of drug-likeness (QED) is 0.475. The predicted octanol–water partition coefficient (Wildman–Crippen LogP) is 1.41. The molecule has 0 saturated carbocycles. The normalized spacial score (nSPS) is 22.9. The Morgan fingerprint density at radius 3 is 2.26 bits per heavy atom. The molecular formula is C12H12N2O4S. The minimum atomic E-state index is -0.562. The average molecular weight is 280 g/mol. The van der Waals surface area contributed by atoms with Gasteiger partial charge in [0.25, 0.3) is 5.69 Å². The third kappa shape index (κ3) is 2.21. The van der Waals surface area contributed by atoms with Crippen LogP contribution in [0.15, 0.2) is 24.3 Å². The van der Waals surface area contributed by atoms with Crippen molar-refractivity contribution in [3.63, 3.8) is 0 Å². The Kier molecular flexibility index (Phi) is 3.57. The van der Waals surface area contributed by atoms with Crippen LogP contribution in [-0.4, -0.2) is 40.2 Å². The molecule has 1 aromatic rings. The van der Waals surface area contributed by atoms with E-state index in [-0.39, 0.29) is 17.5 Å². The number of non-ortho nitro benzene ring substituents is 1. The first kappa shape index (κ1) is 13.5. The fourth-order valence-corrected chi connectivity index (χ4v) is 3.04. The second-order valence-corrected chi connectivity index (χ2v) is 5.20. The fourth-order valence-electron chi connectivity index (χ4n) is 2.14. The van der Waals surface area contributed by atoms with E-state index in [1.165, 1.54) is 43.1 Å². The van der Waals surface area contributed by atoms with Gasteiger partial charge in [-0.1, -0.05) is 12.1 Å². The summed E-state index contributed by atoms with van der Waals surface area (Å²) < 4.78 is 0. The lowest BCUT2D eigenvalue weighted by molar-refractivity contribution is -0.384. The first-order chi connectivity index (χ1) is 8.97. The summed E-state index contributed by atoms with van der Waals surface area (Å²) in [7, 11) is 1.46. The molecule has 2 atom stereocenters. The van der Waals surface area contributed by atoms with Crippen molar-refractivity contribution in [1.29, 1.82) is 0 Å². The zero-order valence-corrected chi connectivity index (χ0v) is 11.2. The molecule has 0 N–H and O–H groups in total. The van der Waals surface area contributed by atoms with Crippen molar-refractivity contribution < 1.29 is 14.5 Å². The zero-order valence-electron chi connectivity index (χ0n) is 10.4. The number of likely N-dealkylation sites (tertiary alicyclic amines) is 1. The number of carbonyl (C=O) groups excluding carboxylic acids is 2. The Morgan fingerprint density at radius 1 is 1.21 bits per heavy atom. The number of nitro benzene ring substituents is 1. The molecule has 1 aliphatic rings. The molecular weight excluding hydrogens is 268 g/mol. The molecule has 1 aromatic carbocycles. The molecule has 1 heterocycles. The molecule has 6 nitrogen and oxygen atoms in total. The molecule has 1 aliphatic heterocycles. The summed E-state index contributed by atoms with van der Waals surface area (Å²) in [5.41, 5.74) is 0.599. The van der Waals surface area contributed by atoms with Crippen LogP contribution >= 0.6 is 11.8 Å². The number of likely N-dealkylation sites (N-methyl/N-ethyl adjacent to an activating group) is 1. The number of amides is 2. The van der Waals surface area contributed by atoms with E-state index >= 15 is 0 Å². The van der Waals surface area contributed by atoms with Crippen molar-refractivity contribution >= 4 is 29.3 Å². The Bertz CT molecular complexity index is 543. The Labute approximate surface area is 113 Å². The van der Waals surface area contributed by atoms with Crippen LogP contribution in [0.3, 0.4) is 0 Å². The highest BCUT2D eigenvalue weighted by Gasteiger charge is 2.46. The summed E-state index contributed by atoms with van der Waals surface area (Å²) in [6.45, 7) is 0. The highest BCUT2D eigenvalue weighted by Crippen LogP contribution is 2.36. The van der Waals surface area contributed by atoms with Gasteiger partial charge in [-0.25, -0.2) is 0 Å². The number of imide groups is 1. The van der Waals surface area contributed by atoms with Gasteiger partial charge in [0, 0.05) is 19.2 Å². The SMILES string of the molecule is CS[C@@H]1C(=O)N(C)C(=O)[C@@H]1c1ccc([N+](=O)[O-])cc1. The van der Waals surface area contributed by atoms with Gasteiger partial charge >= 0.3 is 0 Å². The molecule has 0 radical (unpaired) electrons. The second kappa shape index (κ2) is 5.00. The number of rotatable bonds is 3. The van der Waals surface area contributed by atoms with Gasteiger partial charge in [-0.15, -0.1) is 0 Å². The standard InChI is InChI=1S/C12H12N2O4S/c1-13-11(15)9(10(19-2)12(13)16)7-3-5-8(6-4-7)14(17)18/h3-6,9-10H,1-2H3/t9-,10+/m1/s1. The van der Waals surface area contributed by atoms with E-state index in [1.807, 2.05) is 0 Å². The minimum Gasteiger partial charge on any atom is -0.284 e. The summed E-state index contributed by atoms with van der Waals surface area (Å²) in [5.74, 6) is -1.05. The molecule has 0 unspecified atom stereocenters. The van der Waals surface area contributed by atoms with Gasteiger partial charge in [-0.2, -0.15) is 11.8 Å². The number of benzene rings is 1. The first-order valence-electron chi connectivity index (χ1n) is 5.56. The fraction of sp³-hybridized carbons (Fsp3) is 0.333. The lowest BCUT2D eigenvalue weighted by Gasteiger charge is -2.12. The predicted molar refractivity (Wildman–Crippen MR) is 70.9 cm³/mol. The highest BCUT2D eigenvalue weighted by atomic mass is 32.2. The molecule has 2 amide bonds. The molecule has 0 bridgehead atoms. The van der Waals surface area contributed by atoms with Crippen molar-refractivity contribution in [1.82, 2.24) is 4.90 Å². The van der Waals surface area contributed by atoms with Crippen molar-refractivity contribution in [2.45, 2.75) is 11.2 Å². The van der Waals surface area contributed by atoms with Crippen LogP contribution < -0.4 is 0 Å². The molecule has 19 heavy (non-hydrogen) atoms. The molecule has 0 aromatic heterocycles. The van der Waals surface area contributed by atoms with Crippen LogP contribution in [0.1, 0.15) is 11.5 Å². The van der Waals surface area contributed by atoms with E-state index < -0.39 is 16.1 Å². The van der Waals surface area contributed by atoms with Gasteiger partial charge in [0.05, 0.1) is 16.1 Å². The number of nitro groups is 1. The third-order valence-electron chi connectivity index (χ3n) is 3.19. The number of thioether (sulfide) groups is 1. The van der Waals surface area contributed by atoms with Crippen LogP contribution in [0.25, 0.3) is 0 Å². The number of carbonyl (C=O) groups is 2. The van der Waals surface area contributed by atoms with Gasteiger partial charge in [-0.05, 0) is 11.8 Å². The van der Waals surface area contributed by atoms with Crippen LogP contribution in [0, 0.1) is 10.1 Å². The molecule has 0 spiro atoms. The van der Waals surface area contributed by atoms with Gasteiger partial charge in [0.15, 0.2) is 0 Å². The van der Waals surface area contributed by atoms with E-state index in [4.69, 9.17) is 0 Å². The summed E-state index contributed by atoms with van der Waals surface area (Å²) in [5, 5.41) is 10.1. The second-order valence-electron chi connectivity index (χ2n) is 4.22. The summed E-state index contributed by atoms with van der Waals surface area (Å²) in [4.78, 5) is 35.2. The van der Waals surface area contributed by atoms with Crippen LogP contribution in [0.5, 0.6) is 0 Å². The first-order valence-corrected chi connectivity index (χ1v) is 6.84. The topological polar surface area (TPSA) is 80.5 Å². The van der Waals surface area contributed by atoms with Gasteiger partial charge in [-0.3, -0.25) is 24.6 Å². The molecule has 1 fully saturated rings. The number of hydrogen-bond donors (Lipinski definition) is 0. The summed E-state index contributed by atoms with van der Waals surface area (Å²) in [6, 6.07) is 5.78. The zero-order chi connectivity index (χ0) is 14.2. The largest absolute Gasteiger partial charge is 0.284 e. The van der Waals surface area contributed by atoms with Crippen LogP contribution in [0.4, 0.5) is 5.69 Å². The maximum absolute atomic E-state index is 12.1. The maximum atomic E-state index is 12.1. The van der Waals surface area contributed by atoms with Crippen LogP contribution in [-0.2, 0) is 9.59 Å². The smallest absolute Gasteiger partial charge is 0.269 e. The van der Waals surface area contributed by atoms with E-state index in [1.54, 1.807) is 6.26 Å². The lowest BCUT2D eigenvalue weighted by atomic mass is 9.97. The van der Waals surface area contributed by atoms with E-state index in [9.17, 15) is 19.7 Å². The monoisotopic (exact) mass is 280 g/mol. The summed E-state index contributed by atoms with van der Waals surface area (Å²) in [6.07, 6.45) is 1.77. The average Bonchev–Trinajstić information content (AvgIpc) is 2.62. The molecule has 2 rings (SSSR count). The Hall–Kier alpha value is -1.89. The maximum Gasteiger partial charge on any atom is 0.269 e. The Balaban J connectivity index is 2.37. The third-order valence-corrected chi connectivity index (χ3v) is 4.17. The number of nitrogens with zero attached hydrogens (tertiary/aromatic N) is 2. The van der Waals surface area contributed by atoms with Crippen LogP contribution in [0.2, 0.25) is 0 Å². The molecule has 0 aliphatic carbocycles. The van der Waals surface area contributed by atoms with Gasteiger partial charge < -0.3 is 0 Å². The summed E-state index contributed by atoms with van der Waals surface area (Å²) >= 11 is 1.32. The number of hydrogen-bond acceptors (Lipinski definition) is 5. The van der Waals surface area contributed by atoms with Crippen molar-refractivity contribution in [3.8, 4) is 0 Å². The van der Waals surface area contributed by atoms with Gasteiger partial charge in [0.1, 0.15) is 0 Å². The van der Waals surface area contributed by atoms with Crippen molar-refractivity contribution in [2.75, 3.05) is 13.3 Å². The molecule has 1 saturated heterocycles. The highest BCUT2D eigenvalue weighted by molar-refractivity contribution is 8.00. The van der Waals surface area contributed by atoms with Crippen molar-refractivity contribution in [3.05, 3.63) is 39.9 Å². The van der Waals surface area contributed by atoms with E-state index in [0.29, 0.717) is 5.56 Å². The molecule has 7 heteroatoms. The van der Waals surface area contributed by atoms with Gasteiger partial charge in [0.2, 0.25) is 11.8 Å². The van der Waals surface area contributed by atoms with Crippen molar-refractivity contribution in [2.24, 2.45) is 0 Å².